The Morgan fingerprint density at radius 1 is 0.919 bits per heavy atom. The van der Waals surface area contributed by atoms with E-state index in [1.807, 2.05) is 39.7 Å². The summed E-state index contributed by atoms with van der Waals surface area (Å²) < 4.78 is 9.83. The Labute approximate surface area is 217 Å². The highest BCUT2D eigenvalue weighted by atomic mass is 16.5. The van der Waals surface area contributed by atoms with Gasteiger partial charge in [-0.2, -0.15) is 10.2 Å². The van der Waals surface area contributed by atoms with Crippen LogP contribution in [0.4, 0.5) is 0 Å². The Bertz CT molecular complexity index is 1480. The van der Waals surface area contributed by atoms with Gasteiger partial charge in [-0.05, 0) is 68.2 Å². The Kier molecular flexibility index (Phi) is 6.69. The summed E-state index contributed by atoms with van der Waals surface area (Å²) in [5.41, 5.74) is 6.48. The van der Waals surface area contributed by atoms with Crippen LogP contribution >= 0.6 is 0 Å². The highest BCUT2D eigenvalue weighted by Gasteiger charge is 2.13. The molecule has 0 aliphatic carbocycles. The molecule has 1 aliphatic heterocycles. The maximum atomic E-state index is 5.95. The number of hydrogen-bond acceptors (Lipinski definition) is 5. The van der Waals surface area contributed by atoms with Gasteiger partial charge < -0.3 is 4.74 Å². The van der Waals surface area contributed by atoms with Gasteiger partial charge in [0.1, 0.15) is 12.4 Å². The normalized spacial score (nSPS) is 14.0. The Morgan fingerprint density at radius 3 is 2.59 bits per heavy atom. The van der Waals surface area contributed by atoms with E-state index < -0.39 is 0 Å². The van der Waals surface area contributed by atoms with Gasteiger partial charge in [-0.3, -0.25) is 9.58 Å². The lowest BCUT2D eigenvalue weighted by Crippen LogP contribution is -2.25. The van der Waals surface area contributed by atoms with Crippen molar-refractivity contribution in [2.45, 2.75) is 32.7 Å². The lowest BCUT2D eigenvalue weighted by atomic mass is 10.1. The number of aryl methyl sites for hydroxylation is 1. The van der Waals surface area contributed by atoms with Gasteiger partial charge in [-0.1, -0.05) is 48.0 Å². The summed E-state index contributed by atoms with van der Waals surface area (Å²) in [5, 5.41) is 9.43. The van der Waals surface area contributed by atoms with E-state index >= 15 is 0 Å². The molecule has 7 nitrogen and oxygen atoms in total. The molecule has 1 fully saturated rings. The molecular formula is C30H32N6O. The third kappa shape index (κ3) is 5.57. The second-order valence-electron chi connectivity index (χ2n) is 9.84. The summed E-state index contributed by atoms with van der Waals surface area (Å²) in [7, 11) is 0. The zero-order valence-corrected chi connectivity index (χ0v) is 21.3. The second kappa shape index (κ2) is 10.6. The van der Waals surface area contributed by atoms with Crippen molar-refractivity contribution in [3.8, 4) is 17.0 Å². The van der Waals surface area contributed by atoms with Crippen LogP contribution < -0.4 is 4.74 Å². The first-order valence-corrected chi connectivity index (χ1v) is 13.1. The molecule has 1 saturated heterocycles. The highest BCUT2D eigenvalue weighted by molar-refractivity contribution is 5.61. The van der Waals surface area contributed by atoms with Crippen LogP contribution in [-0.4, -0.2) is 55.5 Å². The van der Waals surface area contributed by atoms with E-state index in [9.17, 15) is 0 Å². The van der Waals surface area contributed by atoms with Crippen molar-refractivity contribution in [2.75, 3.05) is 26.2 Å². The zero-order chi connectivity index (χ0) is 25.0. The molecule has 3 aromatic heterocycles. The number of rotatable bonds is 9. The minimum absolute atomic E-state index is 0.668. The van der Waals surface area contributed by atoms with Crippen LogP contribution in [0.15, 0.2) is 79.1 Å². The molecule has 0 unspecified atom stereocenters. The molecule has 2 aromatic carbocycles. The summed E-state index contributed by atoms with van der Waals surface area (Å²) in [6.07, 6.45) is 7.26. The van der Waals surface area contributed by atoms with Gasteiger partial charge in [-0.15, -0.1) is 0 Å². The van der Waals surface area contributed by atoms with Crippen molar-refractivity contribution >= 4 is 5.65 Å². The summed E-state index contributed by atoms with van der Waals surface area (Å²) in [6, 6.07) is 22.9. The summed E-state index contributed by atoms with van der Waals surface area (Å²) in [4.78, 5) is 7.25. The summed E-state index contributed by atoms with van der Waals surface area (Å²) in [6.45, 7) is 6.98. The van der Waals surface area contributed by atoms with Crippen LogP contribution in [0.25, 0.3) is 16.9 Å². The average Bonchev–Trinajstić information content (AvgIpc) is 3.66. The Balaban J connectivity index is 1.13. The molecule has 37 heavy (non-hydrogen) atoms. The highest BCUT2D eigenvalue weighted by Crippen LogP contribution is 2.21. The number of hydrogen-bond donors (Lipinski definition) is 0. The molecule has 4 heterocycles. The molecule has 5 aromatic rings. The van der Waals surface area contributed by atoms with E-state index in [0.717, 1.165) is 53.7 Å². The van der Waals surface area contributed by atoms with Crippen molar-refractivity contribution in [3.63, 3.8) is 0 Å². The van der Waals surface area contributed by atoms with Crippen LogP contribution in [-0.2, 0) is 13.0 Å². The van der Waals surface area contributed by atoms with Crippen molar-refractivity contribution in [1.29, 1.82) is 0 Å². The first-order chi connectivity index (χ1) is 18.2. The predicted octanol–water partition coefficient (Wildman–Crippen LogP) is 5.01. The number of pyridine rings is 1. The fourth-order valence-electron chi connectivity index (χ4n) is 5.01. The third-order valence-corrected chi connectivity index (χ3v) is 6.92. The lowest BCUT2D eigenvalue weighted by molar-refractivity contribution is 0.238. The van der Waals surface area contributed by atoms with Crippen LogP contribution in [0.1, 0.15) is 35.4 Å². The Hall–Kier alpha value is -3.97. The van der Waals surface area contributed by atoms with E-state index in [0.29, 0.717) is 6.42 Å². The molecule has 6 rings (SSSR count). The maximum Gasteiger partial charge on any atom is 0.156 e. The fourth-order valence-corrected chi connectivity index (χ4v) is 5.01. The lowest BCUT2D eigenvalue weighted by Gasteiger charge is -2.14. The monoisotopic (exact) mass is 492 g/mol. The fraction of sp³-hybridized carbons (Fsp3) is 0.300. The predicted molar refractivity (Wildman–Crippen MR) is 145 cm³/mol. The molecule has 0 amide bonds. The molecule has 0 bridgehead atoms. The first-order valence-electron chi connectivity index (χ1n) is 13.1. The maximum absolute atomic E-state index is 5.95. The molecule has 0 spiro atoms. The largest absolute Gasteiger partial charge is 0.492 e. The van der Waals surface area contributed by atoms with Crippen LogP contribution in [0.2, 0.25) is 0 Å². The van der Waals surface area contributed by atoms with Gasteiger partial charge >= 0.3 is 0 Å². The van der Waals surface area contributed by atoms with Gasteiger partial charge in [0.05, 0.1) is 18.4 Å². The molecule has 7 heteroatoms. The minimum Gasteiger partial charge on any atom is -0.492 e. The summed E-state index contributed by atoms with van der Waals surface area (Å²) in [5.74, 6) is 1.71. The molecular weight excluding hydrogens is 460 g/mol. The molecule has 0 radical (unpaired) electrons. The molecule has 188 valence electrons. The number of nitrogens with zero attached hydrogens (tertiary/aromatic N) is 6. The van der Waals surface area contributed by atoms with Crippen molar-refractivity contribution < 1.29 is 4.74 Å². The SMILES string of the molecule is Cc1cccc(Cn2cc(-c3cccc4nc(Cc5ccc(OCCN6CCCC6)cc5)nn34)cn2)c1. The number of likely N-dealkylation sites (tertiary alicyclic amines) is 1. The topological polar surface area (TPSA) is 60.5 Å². The summed E-state index contributed by atoms with van der Waals surface area (Å²) >= 11 is 0. The zero-order valence-electron chi connectivity index (χ0n) is 21.3. The molecule has 0 saturated carbocycles. The van der Waals surface area contributed by atoms with E-state index in [2.05, 4.69) is 65.6 Å². The third-order valence-electron chi connectivity index (χ3n) is 6.92. The van der Waals surface area contributed by atoms with E-state index in [1.165, 1.54) is 37.1 Å². The van der Waals surface area contributed by atoms with Crippen molar-refractivity contribution in [2.24, 2.45) is 0 Å². The number of ether oxygens (including phenoxy) is 1. The number of aromatic nitrogens is 5. The quantitative estimate of drug-likeness (QED) is 0.289. The van der Waals surface area contributed by atoms with Gasteiger partial charge in [0.15, 0.2) is 11.5 Å². The van der Waals surface area contributed by atoms with Crippen molar-refractivity contribution in [1.82, 2.24) is 29.3 Å². The van der Waals surface area contributed by atoms with Gasteiger partial charge in [0.2, 0.25) is 0 Å². The second-order valence-corrected chi connectivity index (χ2v) is 9.84. The van der Waals surface area contributed by atoms with E-state index in [4.69, 9.17) is 14.8 Å². The van der Waals surface area contributed by atoms with E-state index in [-0.39, 0.29) is 0 Å². The van der Waals surface area contributed by atoms with Crippen molar-refractivity contribution in [3.05, 3.63) is 102 Å². The Morgan fingerprint density at radius 2 is 1.76 bits per heavy atom. The van der Waals surface area contributed by atoms with Gasteiger partial charge in [0, 0.05) is 24.7 Å². The number of benzene rings is 2. The molecule has 1 aliphatic rings. The number of fused-ring (bicyclic) bond motifs is 1. The minimum atomic E-state index is 0.668. The molecule has 0 atom stereocenters. The van der Waals surface area contributed by atoms with Gasteiger partial charge in [-0.25, -0.2) is 9.50 Å². The van der Waals surface area contributed by atoms with Gasteiger partial charge in [0.25, 0.3) is 0 Å². The smallest absolute Gasteiger partial charge is 0.156 e. The first kappa shape index (κ1) is 23.4. The van der Waals surface area contributed by atoms with Crippen LogP contribution in [0.5, 0.6) is 5.75 Å². The average molecular weight is 493 g/mol. The van der Waals surface area contributed by atoms with E-state index in [1.54, 1.807) is 0 Å². The van der Waals surface area contributed by atoms with Crippen LogP contribution in [0, 0.1) is 6.92 Å². The standard InChI is InChI=1S/C30H32N6O/c1-23-6-4-7-25(18-23)21-35-22-26(20-31-35)28-8-5-9-30-32-29(33-36(28)30)19-24-10-12-27(13-11-24)37-17-16-34-14-2-3-15-34/h4-13,18,20,22H,2-3,14-17,19,21H2,1H3. The molecule has 0 N–H and O–H groups in total. The van der Waals surface area contributed by atoms with Crippen LogP contribution in [0.3, 0.4) is 0 Å².